The van der Waals surface area contributed by atoms with Gasteiger partial charge in [-0.2, -0.15) is 0 Å². The van der Waals surface area contributed by atoms with Crippen LogP contribution in [0, 0.1) is 0 Å². The van der Waals surface area contributed by atoms with Gasteiger partial charge in [0.25, 0.3) is 5.56 Å². The third-order valence-corrected chi connectivity index (χ3v) is 5.01. The number of rotatable bonds is 4. The molecule has 2 aromatic carbocycles. The number of fused-ring (bicyclic) bond motifs is 1. The Morgan fingerprint density at radius 3 is 2.23 bits per heavy atom. The minimum atomic E-state index is -0.167. The number of nitrogens with zero attached hydrogens (tertiary/aromatic N) is 2. The number of hydrogen-bond donors (Lipinski definition) is 1. The summed E-state index contributed by atoms with van der Waals surface area (Å²) in [6.07, 6.45) is 1.55. The molecule has 0 saturated carbocycles. The Labute approximate surface area is 153 Å². The van der Waals surface area contributed by atoms with E-state index in [4.69, 9.17) is 4.98 Å². The van der Waals surface area contributed by atoms with Crippen LogP contribution in [0.4, 0.5) is 0 Å². The lowest BCUT2D eigenvalue weighted by Gasteiger charge is -2.26. The van der Waals surface area contributed by atoms with Gasteiger partial charge in [-0.3, -0.25) is 9.36 Å². The molecular formula is C22H23N3O. The Balaban J connectivity index is 1.99. The van der Waals surface area contributed by atoms with Crippen LogP contribution in [0.3, 0.4) is 0 Å². The monoisotopic (exact) mass is 345 g/mol. The van der Waals surface area contributed by atoms with Crippen LogP contribution in [0.2, 0.25) is 0 Å². The third kappa shape index (κ3) is 2.97. The first-order valence-corrected chi connectivity index (χ1v) is 9.23. The molecule has 26 heavy (non-hydrogen) atoms. The lowest BCUT2D eigenvalue weighted by atomic mass is 9.97. The van der Waals surface area contributed by atoms with E-state index in [0.29, 0.717) is 6.54 Å². The second kappa shape index (κ2) is 7.26. The first-order chi connectivity index (χ1) is 12.8. The third-order valence-electron chi connectivity index (χ3n) is 5.01. The lowest BCUT2D eigenvalue weighted by Crippen LogP contribution is -2.38. The van der Waals surface area contributed by atoms with Crippen LogP contribution in [-0.4, -0.2) is 16.1 Å². The molecule has 4 rings (SSSR count). The standard InChI is InChI=1S/C22H23N3O/c1-2-20-24-19-13-14-23-15-18(19)22(26)25(20)21(16-9-5-3-6-10-16)17-11-7-4-8-12-17/h3-12,21,23H,2,13-15H2,1H3. The average Bonchev–Trinajstić information content (AvgIpc) is 2.71. The Morgan fingerprint density at radius 1 is 1.04 bits per heavy atom. The van der Waals surface area contributed by atoms with Gasteiger partial charge in [0.15, 0.2) is 0 Å². The van der Waals surface area contributed by atoms with Crippen molar-refractivity contribution in [2.24, 2.45) is 0 Å². The summed E-state index contributed by atoms with van der Waals surface area (Å²) in [6, 6.07) is 20.3. The van der Waals surface area contributed by atoms with Gasteiger partial charge in [-0.05, 0) is 11.1 Å². The van der Waals surface area contributed by atoms with Crippen molar-refractivity contribution in [3.05, 3.63) is 99.2 Å². The minimum Gasteiger partial charge on any atom is -0.312 e. The molecule has 0 bridgehead atoms. The summed E-state index contributed by atoms with van der Waals surface area (Å²) < 4.78 is 1.90. The second-order valence-corrected chi connectivity index (χ2v) is 6.63. The molecule has 0 spiro atoms. The maximum Gasteiger partial charge on any atom is 0.259 e. The van der Waals surface area contributed by atoms with Gasteiger partial charge in [0.1, 0.15) is 5.82 Å². The van der Waals surface area contributed by atoms with Gasteiger partial charge in [0.2, 0.25) is 0 Å². The first kappa shape index (κ1) is 16.7. The van der Waals surface area contributed by atoms with E-state index in [-0.39, 0.29) is 11.6 Å². The van der Waals surface area contributed by atoms with Gasteiger partial charge in [0, 0.05) is 25.9 Å². The van der Waals surface area contributed by atoms with Crippen molar-refractivity contribution in [3.8, 4) is 0 Å². The number of hydrogen-bond acceptors (Lipinski definition) is 3. The van der Waals surface area contributed by atoms with E-state index in [0.717, 1.165) is 47.6 Å². The molecule has 0 saturated heterocycles. The smallest absolute Gasteiger partial charge is 0.259 e. The molecule has 1 aliphatic heterocycles. The largest absolute Gasteiger partial charge is 0.312 e. The number of aryl methyl sites for hydroxylation is 1. The number of aromatic nitrogens is 2. The summed E-state index contributed by atoms with van der Waals surface area (Å²) in [5, 5.41) is 3.31. The molecule has 0 atom stereocenters. The van der Waals surface area contributed by atoms with Crippen molar-refractivity contribution in [2.75, 3.05) is 6.54 Å². The molecule has 4 nitrogen and oxygen atoms in total. The summed E-state index contributed by atoms with van der Waals surface area (Å²) >= 11 is 0. The Hall–Kier alpha value is -2.72. The molecule has 132 valence electrons. The summed E-state index contributed by atoms with van der Waals surface area (Å²) in [4.78, 5) is 18.4. The molecule has 1 N–H and O–H groups in total. The zero-order valence-corrected chi connectivity index (χ0v) is 15.0. The predicted octanol–water partition coefficient (Wildman–Crippen LogP) is 3.09. The van der Waals surface area contributed by atoms with Gasteiger partial charge in [-0.1, -0.05) is 67.6 Å². The summed E-state index contributed by atoms with van der Waals surface area (Å²) in [6.45, 7) is 3.55. The second-order valence-electron chi connectivity index (χ2n) is 6.63. The average molecular weight is 345 g/mol. The molecule has 1 aromatic heterocycles. The summed E-state index contributed by atoms with van der Waals surface area (Å²) in [7, 11) is 0. The van der Waals surface area contributed by atoms with Gasteiger partial charge in [0.05, 0.1) is 17.3 Å². The fourth-order valence-electron chi connectivity index (χ4n) is 3.74. The highest BCUT2D eigenvalue weighted by atomic mass is 16.1. The number of nitrogens with one attached hydrogen (secondary N) is 1. The first-order valence-electron chi connectivity index (χ1n) is 9.23. The lowest BCUT2D eigenvalue weighted by molar-refractivity contribution is 0.547. The van der Waals surface area contributed by atoms with Gasteiger partial charge < -0.3 is 5.32 Å². The van der Waals surface area contributed by atoms with Crippen molar-refractivity contribution in [1.82, 2.24) is 14.9 Å². The zero-order valence-electron chi connectivity index (χ0n) is 15.0. The van der Waals surface area contributed by atoms with Gasteiger partial charge >= 0.3 is 0 Å². The van der Waals surface area contributed by atoms with E-state index < -0.39 is 0 Å². The molecule has 0 fully saturated rings. The highest BCUT2D eigenvalue weighted by Gasteiger charge is 2.25. The van der Waals surface area contributed by atoms with E-state index in [9.17, 15) is 4.79 Å². The fourth-order valence-corrected chi connectivity index (χ4v) is 3.74. The normalized spacial score (nSPS) is 13.6. The highest BCUT2D eigenvalue weighted by molar-refractivity contribution is 5.35. The van der Waals surface area contributed by atoms with E-state index in [1.165, 1.54) is 0 Å². The van der Waals surface area contributed by atoms with E-state index >= 15 is 0 Å². The quantitative estimate of drug-likeness (QED) is 0.790. The SMILES string of the molecule is CCc1nc2c(c(=O)n1C(c1ccccc1)c1ccccc1)CNCC2. The zero-order chi connectivity index (χ0) is 17.9. The molecule has 0 radical (unpaired) electrons. The van der Waals surface area contributed by atoms with E-state index in [1.807, 2.05) is 41.0 Å². The van der Waals surface area contributed by atoms with Gasteiger partial charge in [-0.25, -0.2) is 4.98 Å². The minimum absolute atomic E-state index is 0.0803. The maximum atomic E-state index is 13.5. The molecule has 3 aromatic rings. The molecule has 0 unspecified atom stereocenters. The summed E-state index contributed by atoms with van der Waals surface area (Å²) in [5.74, 6) is 0.855. The maximum absolute atomic E-state index is 13.5. The van der Waals surface area contributed by atoms with Crippen LogP contribution in [0.5, 0.6) is 0 Å². The fraction of sp³-hybridized carbons (Fsp3) is 0.273. The molecule has 4 heteroatoms. The van der Waals surface area contributed by atoms with E-state index in [2.05, 4.69) is 36.5 Å². The van der Waals surface area contributed by atoms with Crippen molar-refractivity contribution in [3.63, 3.8) is 0 Å². The molecule has 1 aliphatic rings. The Kier molecular flexibility index (Phi) is 4.67. The van der Waals surface area contributed by atoms with E-state index in [1.54, 1.807) is 0 Å². The van der Waals surface area contributed by atoms with Crippen molar-refractivity contribution < 1.29 is 0 Å². The van der Waals surface area contributed by atoms with Crippen LogP contribution < -0.4 is 10.9 Å². The van der Waals surface area contributed by atoms with Gasteiger partial charge in [-0.15, -0.1) is 0 Å². The molecule has 0 aliphatic carbocycles. The predicted molar refractivity (Wildman–Crippen MR) is 103 cm³/mol. The van der Waals surface area contributed by atoms with Crippen LogP contribution >= 0.6 is 0 Å². The van der Waals surface area contributed by atoms with Crippen molar-refractivity contribution >= 4 is 0 Å². The van der Waals surface area contributed by atoms with Crippen molar-refractivity contribution in [1.29, 1.82) is 0 Å². The van der Waals surface area contributed by atoms with Crippen LogP contribution in [-0.2, 0) is 19.4 Å². The molecule has 0 amide bonds. The molecular weight excluding hydrogens is 322 g/mol. The number of benzene rings is 2. The summed E-state index contributed by atoms with van der Waals surface area (Å²) in [5.41, 5.74) is 4.05. The van der Waals surface area contributed by atoms with Crippen LogP contribution in [0.25, 0.3) is 0 Å². The Bertz CT molecular complexity index is 909. The topological polar surface area (TPSA) is 46.9 Å². The molecule has 2 heterocycles. The van der Waals surface area contributed by atoms with Crippen LogP contribution in [0.1, 0.15) is 41.2 Å². The Morgan fingerprint density at radius 2 is 1.65 bits per heavy atom. The van der Waals surface area contributed by atoms with Crippen LogP contribution in [0.15, 0.2) is 65.5 Å². The van der Waals surface area contributed by atoms with Crippen molar-refractivity contribution in [2.45, 2.75) is 32.4 Å². The highest BCUT2D eigenvalue weighted by Crippen LogP contribution is 2.27.